The van der Waals surface area contributed by atoms with Gasteiger partial charge in [-0.15, -0.1) is 0 Å². The molecule has 170 valence electrons. The maximum absolute atomic E-state index is 11.0. The van der Waals surface area contributed by atoms with E-state index in [0.29, 0.717) is 6.42 Å². The summed E-state index contributed by atoms with van der Waals surface area (Å²) in [5, 5.41) is 26.9. The molecular weight excluding hydrogens is 389 g/mol. The van der Waals surface area contributed by atoms with E-state index in [2.05, 4.69) is 11.4 Å². The van der Waals surface area contributed by atoms with Gasteiger partial charge in [0, 0.05) is 6.42 Å². The molecule has 0 fully saturated rings. The molecule has 0 aromatic rings. The number of rotatable bonds is 14. The molecule has 3 unspecified atom stereocenters. The van der Waals surface area contributed by atoms with E-state index in [1.54, 1.807) is 0 Å². The van der Waals surface area contributed by atoms with Crippen molar-refractivity contribution in [2.24, 2.45) is 0 Å². The van der Waals surface area contributed by atoms with E-state index in [0.717, 1.165) is 19.3 Å². The van der Waals surface area contributed by atoms with Crippen LogP contribution in [-0.2, 0) is 13.9 Å². The summed E-state index contributed by atoms with van der Waals surface area (Å²) in [7, 11) is -4.65. The molecule has 0 aliphatic rings. The van der Waals surface area contributed by atoms with Crippen LogP contribution in [0.5, 0.6) is 0 Å². The van der Waals surface area contributed by atoms with Crippen LogP contribution in [0, 0.1) is 0 Å². The molecule has 0 rings (SSSR count). The third-order valence-corrected chi connectivity index (χ3v) is 4.44. The number of hydrogen-bond donors (Lipinski definition) is 5. The van der Waals surface area contributed by atoms with Gasteiger partial charge in [-0.2, -0.15) is 0 Å². The van der Waals surface area contributed by atoms with Gasteiger partial charge in [-0.3, -0.25) is 14.6 Å². The van der Waals surface area contributed by atoms with Crippen LogP contribution in [-0.4, -0.2) is 54.7 Å². The van der Waals surface area contributed by atoms with Crippen molar-refractivity contribution in [3.05, 3.63) is 0 Å². The SMILES string of the molecule is CC(O)N(C(C)O)C(C)O.CCCCCCCCCCCC(=O)OP(=O)(O)O. The number of phosphoric acid groups is 1. The Morgan fingerprint density at radius 2 is 1.18 bits per heavy atom. The first kappa shape index (κ1) is 29.7. The highest BCUT2D eigenvalue weighted by Gasteiger charge is 2.20. The number of phosphoric ester groups is 1. The van der Waals surface area contributed by atoms with E-state index in [1.165, 1.54) is 57.8 Å². The van der Waals surface area contributed by atoms with Gasteiger partial charge in [0.05, 0.1) is 0 Å². The lowest BCUT2D eigenvalue weighted by Crippen LogP contribution is -2.45. The van der Waals surface area contributed by atoms with Crippen molar-refractivity contribution in [1.29, 1.82) is 0 Å². The Morgan fingerprint density at radius 1 is 0.821 bits per heavy atom. The molecule has 0 heterocycles. The van der Waals surface area contributed by atoms with Gasteiger partial charge in [0.25, 0.3) is 0 Å². The molecule has 0 saturated heterocycles. The summed E-state index contributed by atoms with van der Waals surface area (Å²) >= 11 is 0. The number of hydrogen-bond acceptors (Lipinski definition) is 7. The number of carbonyl (C=O) groups is 1. The Hall–Kier alpha value is -0.540. The molecular formula is C18H40NO8P. The molecule has 0 spiro atoms. The molecule has 9 nitrogen and oxygen atoms in total. The van der Waals surface area contributed by atoms with E-state index < -0.39 is 32.5 Å². The second-order valence-corrected chi connectivity index (χ2v) is 8.04. The third kappa shape index (κ3) is 20.2. The predicted molar refractivity (Wildman–Crippen MR) is 107 cm³/mol. The van der Waals surface area contributed by atoms with Crippen molar-refractivity contribution in [3.8, 4) is 0 Å². The molecule has 0 bridgehead atoms. The number of aliphatic hydroxyl groups excluding tert-OH is 3. The minimum atomic E-state index is -4.65. The second kappa shape index (κ2) is 17.3. The van der Waals surface area contributed by atoms with Crippen LogP contribution in [0.3, 0.4) is 0 Å². The van der Waals surface area contributed by atoms with E-state index in [4.69, 9.17) is 25.1 Å². The summed E-state index contributed by atoms with van der Waals surface area (Å²) < 4.78 is 14.3. The standard InChI is InChI=1S/C12H25O5P.C6H15NO3/c1-2-3-4-5-6-7-8-9-10-11-12(13)17-18(14,15)16;1-4(8)7(5(2)9)6(3)10/h2-11H2,1H3,(H2,14,15,16);4-6,8-10H,1-3H3. The van der Waals surface area contributed by atoms with Gasteiger partial charge < -0.3 is 19.8 Å². The van der Waals surface area contributed by atoms with Gasteiger partial charge in [0.15, 0.2) is 0 Å². The number of carbonyl (C=O) groups excluding carboxylic acids is 1. The summed E-state index contributed by atoms with van der Waals surface area (Å²) in [6, 6.07) is 0. The fraction of sp³-hybridized carbons (Fsp3) is 0.944. The van der Waals surface area contributed by atoms with Crippen molar-refractivity contribution in [2.45, 2.75) is 111 Å². The summed E-state index contributed by atoms with van der Waals surface area (Å²) in [5.74, 6) is -0.814. The van der Waals surface area contributed by atoms with Gasteiger partial charge in [-0.05, 0) is 27.2 Å². The Bertz CT molecular complexity index is 407. The Labute approximate surface area is 169 Å². The Morgan fingerprint density at radius 3 is 1.46 bits per heavy atom. The lowest BCUT2D eigenvalue weighted by Gasteiger charge is -2.30. The van der Waals surface area contributed by atoms with Crippen molar-refractivity contribution in [1.82, 2.24) is 4.90 Å². The highest BCUT2D eigenvalue weighted by molar-refractivity contribution is 7.46. The van der Waals surface area contributed by atoms with Gasteiger partial charge in [0.1, 0.15) is 18.7 Å². The first-order valence-electron chi connectivity index (χ1n) is 10.0. The van der Waals surface area contributed by atoms with Crippen LogP contribution in [0.4, 0.5) is 0 Å². The fourth-order valence-electron chi connectivity index (χ4n) is 2.69. The van der Waals surface area contributed by atoms with E-state index >= 15 is 0 Å². The number of nitrogens with zero attached hydrogens (tertiary/aromatic N) is 1. The van der Waals surface area contributed by atoms with E-state index in [-0.39, 0.29) is 6.42 Å². The molecule has 3 atom stereocenters. The zero-order chi connectivity index (χ0) is 22.2. The fourth-order valence-corrected chi connectivity index (χ4v) is 3.05. The molecule has 0 aliphatic carbocycles. The summed E-state index contributed by atoms with van der Waals surface area (Å²) in [6.07, 6.45) is 7.70. The summed E-state index contributed by atoms with van der Waals surface area (Å²) in [5.41, 5.74) is 0. The van der Waals surface area contributed by atoms with Crippen LogP contribution in [0.25, 0.3) is 0 Å². The first-order valence-corrected chi connectivity index (χ1v) is 11.5. The van der Waals surface area contributed by atoms with Crippen molar-refractivity contribution in [3.63, 3.8) is 0 Å². The molecule has 0 aromatic heterocycles. The zero-order valence-electron chi connectivity index (χ0n) is 17.7. The average molecular weight is 429 g/mol. The van der Waals surface area contributed by atoms with Gasteiger partial charge in [-0.25, -0.2) is 9.46 Å². The topological polar surface area (TPSA) is 148 Å². The maximum Gasteiger partial charge on any atom is 0.526 e. The minimum absolute atomic E-state index is 0.0843. The largest absolute Gasteiger partial charge is 0.526 e. The highest BCUT2D eigenvalue weighted by atomic mass is 31.2. The summed E-state index contributed by atoms with van der Waals surface area (Å²) in [6.45, 7) is 6.65. The number of unbranched alkanes of at least 4 members (excludes halogenated alkanes) is 8. The van der Waals surface area contributed by atoms with Crippen LogP contribution >= 0.6 is 7.82 Å². The first-order chi connectivity index (χ1) is 12.9. The normalized spacial score (nSPS) is 14.8. The van der Waals surface area contributed by atoms with Crippen LogP contribution < -0.4 is 0 Å². The van der Waals surface area contributed by atoms with Crippen molar-refractivity contribution in [2.75, 3.05) is 0 Å². The Balaban J connectivity index is 0. The minimum Gasteiger partial charge on any atom is -0.379 e. The Kier molecular flexibility index (Phi) is 18.4. The van der Waals surface area contributed by atoms with E-state index in [1.807, 2.05) is 0 Å². The number of aliphatic hydroxyl groups is 3. The monoisotopic (exact) mass is 429 g/mol. The van der Waals surface area contributed by atoms with Crippen LogP contribution in [0.2, 0.25) is 0 Å². The van der Waals surface area contributed by atoms with Crippen molar-refractivity contribution < 1.29 is 39.0 Å². The van der Waals surface area contributed by atoms with Gasteiger partial charge in [-0.1, -0.05) is 58.3 Å². The van der Waals surface area contributed by atoms with Crippen LogP contribution in [0.1, 0.15) is 91.9 Å². The molecule has 0 saturated carbocycles. The average Bonchev–Trinajstić information content (AvgIpc) is 2.51. The van der Waals surface area contributed by atoms with E-state index in [9.17, 15) is 9.36 Å². The lowest BCUT2D eigenvalue weighted by molar-refractivity contribution is -0.159. The van der Waals surface area contributed by atoms with Crippen LogP contribution in [0.15, 0.2) is 0 Å². The van der Waals surface area contributed by atoms with Crippen molar-refractivity contribution >= 4 is 13.8 Å². The lowest BCUT2D eigenvalue weighted by atomic mass is 10.1. The second-order valence-electron chi connectivity index (χ2n) is 6.88. The predicted octanol–water partition coefficient (Wildman–Crippen LogP) is 2.85. The molecule has 0 aliphatic heterocycles. The molecule has 28 heavy (non-hydrogen) atoms. The summed E-state index contributed by atoms with van der Waals surface area (Å²) in [4.78, 5) is 28.9. The molecule has 0 aromatic carbocycles. The highest BCUT2D eigenvalue weighted by Crippen LogP contribution is 2.36. The maximum atomic E-state index is 11.0. The smallest absolute Gasteiger partial charge is 0.379 e. The third-order valence-electron chi connectivity index (χ3n) is 4.00. The van der Waals surface area contributed by atoms with Gasteiger partial charge in [0.2, 0.25) is 0 Å². The quantitative estimate of drug-likeness (QED) is 0.160. The van der Waals surface area contributed by atoms with Gasteiger partial charge >= 0.3 is 13.8 Å². The molecule has 0 radical (unpaired) electrons. The molecule has 5 N–H and O–H groups in total. The molecule has 10 heteroatoms. The molecule has 0 amide bonds. The zero-order valence-corrected chi connectivity index (χ0v) is 18.6.